The van der Waals surface area contributed by atoms with Crippen molar-refractivity contribution in [3.8, 4) is 0 Å². The largest absolute Gasteiger partial charge is 0.383 e. The predicted octanol–water partition coefficient (Wildman–Crippen LogP) is 2.10. The van der Waals surface area contributed by atoms with Crippen molar-refractivity contribution < 1.29 is 4.74 Å². The third-order valence-electron chi connectivity index (χ3n) is 2.57. The third-order valence-corrected chi connectivity index (χ3v) is 3.33. The van der Waals surface area contributed by atoms with Gasteiger partial charge in [0, 0.05) is 19.2 Å². The van der Waals surface area contributed by atoms with Crippen LogP contribution >= 0.6 is 11.5 Å². The average molecular weight is 227 g/mol. The zero-order valence-electron chi connectivity index (χ0n) is 8.74. The van der Waals surface area contributed by atoms with E-state index in [4.69, 9.17) is 10.5 Å². The van der Waals surface area contributed by atoms with Crippen LogP contribution in [0.5, 0.6) is 0 Å². The quantitative estimate of drug-likeness (QED) is 0.827. The molecule has 2 rings (SSSR count). The molecule has 1 atom stereocenters. The van der Waals surface area contributed by atoms with Crippen LogP contribution < -0.4 is 11.1 Å². The van der Waals surface area contributed by atoms with Crippen LogP contribution in [-0.2, 0) is 4.74 Å². The van der Waals surface area contributed by atoms with Crippen molar-refractivity contribution >= 4 is 22.4 Å². The van der Waals surface area contributed by atoms with Gasteiger partial charge < -0.3 is 15.8 Å². The molecule has 3 N–H and O–H groups in total. The molecule has 0 amide bonds. The van der Waals surface area contributed by atoms with E-state index < -0.39 is 0 Å². The molecule has 1 aliphatic heterocycles. The van der Waals surface area contributed by atoms with Crippen LogP contribution in [-0.4, -0.2) is 23.6 Å². The molecule has 0 bridgehead atoms. The van der Waals surface area contributed by atoms with Gasteiger partial charge in [-0.15, -0.1) is 0 Å². The molecule has 1 unspecified atom stereocenters. The number of hydrogen-bond donors (Lipinski definition) is 2. The highest BCUT2D eigenvalue weighted by Crippen LogP contribution is 2.19. The Hall–Kier alpha value is -0.810. The normalized spacial score (nSPS) is 21.5. The molecule has 0 spiro atoms. The molecular formula is C10H17N3OS. The topological polar surface area (TPSA) is 60.2 Å². The van der Waals surface area contributed by atoms with Gasteiger partial charge in [0.2, 0.25) is 0 Å². The monoisotopic (exact) mass is 227 g/mol. The van der Waals surface area contributed by atoms with Gasteiger partial charge in [-0.1, -0.05) is 0 Å². The third kappa shape index (κ3) is 3.35. The van der Waals surface area contributed by atoms with Gasteiger partial charge >= 0.3 is 0 Å². The number of nitrogen functional groups attached to an aromatic ring is 1. The van der Waals surface area contributed by atoms with Crippen LogP contribution in [0.1, 0.15) is 25.7 Å². The second-order valence-corrected chi connectivity index (χ2v) is 4.63. The summed E-state index contributed by atoms with van der Waals surface area (Å²) in [5.41, 5.74) is 5.53. The molecule has 1 aliphatic rings. The minimum absolute atomic E-state index is 0.441. The summed E-state index contributed by atoms with van der Waals surface area (Å²) in [5, 5.41) is 4.35. The SMILES string of the molecule is Nc1cc(NCCC2CCCCO2)sn1. The first kappa shape index (κ1) is 10.7. The lowest BCUT2D eigenvalue weighted by molar-refractivity contribution is 0.0134. The number of aromatic nitrogens is 1. The Labute approximate surface area is 94.0 Å². The Bertz CT molecular complexity index is 297. The van der Waals surface area contributed by atoms with Crippen LogP contribution in [0, 0.1) is 0 Å². The van der Waals surface area contributed by atoms with Crippen molar-refractivity contribution in [2.24, 2.45) is 0 Å². The molecule has 1 aromatic heterocycles. The Morgan fingerprint density at radius 2 is 2.53 bits per heavy atom. The van der Waals surface area contributed by atoms with Crippen LogP contribution in [0.3, 0.4) is 0 Å². The van der Waals surface area contributed by atoms with E-state index in [0.717, 1.165) is 24.6 Å². The van der Waals surface area contributed by atoms with Crippen molar-refractivity contribution in [3.63, 3.8) is 0 Å². The lowest BCUT2D eigenvalue weighted by Crippen LogP contribution is -2.21. The van der Waals surface area contributed by atoms with Crippen LogP contribution in [0.15, 0.2) is 6.07 Å². The smallest absolute Gasteiger partial charge is 0.139 e. The van der Waals surface area contributed by atoms with Crippen molar-refractivity contribution in [1.29, 1.82) is 0 Å². The minimum atomic E-state index is 0.441. The summed E-state index contributed by atoms with van der Waals surface area (Å²) >= 11 is 1.41. The number of rotatable bonds is 4. The molecule has 0 saturated carbocycles. The van der Waals surface area contributed by atoms with Gasteiger partial charge in [0.1, 0.15) is 10.8 Å². The minimum Gasteiger partial charge on any atom is -0.383 e. The Morgan fingerprint density at radius 1 is 1.60 bits per heavy atom. The predicted molar refractivity (Wildman–Crippen MR) is 63.2 cm³/mol. The lowest BCUT2D eigenvalue weighted by Gasteiger charge is -2.22. The highest BCUT2D eigenvalue weighted by atomic mass is 32.1. The molecule has 0 aliphatic carbocycles. The van der Waals surface area contributed by atoms with Crippen LogP contribution in [0.2, 0.25) is 0 Å². The van der Waals surface area contributed by atoms with Crippen molar-refractivity contribution in [2.75, 3.05) is 24.2 Å². The fourth-order valence-electron chi connectivity index (χ4n) is 1.76. The molecule has 1 aromatic rings. The lowest BCUT2D eigenvalue weighted by atomic mass is 10.1. The maximum Gasteiger partial charge on any atom is 0.139 e. The zero-order chi connectivity index (χ0) is 10.5. The summed E-state index contributed by atoms with van der Waals surface area (Å²) in [7, 11) is 0. The van der Waals surface area contributed by atoms with Gasteiger partial charge in [-0.25, -0.2) is 0 Å². The summed E-state index contributed by atoms with van der Waals surface area (Å²) in [6.07, 6.45) is 5.23. The Balaban J connectivity index is 1.65. The van der Waals surface area contributed by atoms with E-state index in [0.29, 0.717) is 11.9 Å². The first-order chi connectivity index (χ1) is 7.34. The fraction of sp³-hybridized carbons (Fsp3) is 0.700. The van der Waals surface area contributed by atoms with E-state index in [1.54, 1.807) is 0 Å². The van der Waals surface area contributed by atoms with E-state index in [1.807, 2.05) is 6.07 Å². The van der Waals surface area contributed by atoms with Gasteiger partial charge in [0.05, 0.1) is 6.10 Å². The van der Waals surface area contributed by atoms with E-state index in [1.165, 1.54) is 30.8 Å². The molecule has 2 heterocycles. The molecule has 0 aromatic carbocycles. The molecule has 1 fully saturated rings. The highest BCUT2D eigenvalue weighted by Gasteiger charge is 2.12. The second-order valence-electron chi connectivity index (χ2n) is 3.82. The van der Waals surface area contributed by atoms with E-state index in [9.17, 15) is 0 Å². The number of hydrogen-bond acceptors (Lipinski definition) is 5. The standard InChI is InChI=1S/C10H17N3OS/c11-9-7-10(15-13-9)12-5-4-8-3-1-2-6-14-8/h7-8,12H,1-6H2,(H2,11,13). The van der Waals surface area contributed by atoms with Gasteiger partial charge in [-0.3, -0.25) is 0 Å². The summed E-state index contributed by atoms with van der Waals surface area (Å²) < 4.78 is 9.65. The first-order valence-corrected chi connectivity index (χ1v) is 6.19. The molecule has 1 saturated heterocycles. The van der Waals surface area contributed by atoms with Crippen LogP contribution in [0.4, 0.5) is 10.8 Å². The second kappa shape index (κ2) is 5.32. The molecule has 5 heteroatoms. The molecule has 15 heavy (non-hydrogen) atoms. The Kier molecular flexibility index (Phi) is 3.80. The molecule has 0 radical (unpaired) electrons. The van der Waals surface area contributed by atoms with Crippen molar-refractivity contribution in [2.45, 2.75) is 31.8 Å². The van der Waals surface area contributed by atoms with Gasteiger partial charge in [0.15, 0.2) is 0 Å². The summed E-state index contributed by atoms with van der Waals surface area (Å²) in [4.78, 5) is 0. The van der Waals surface area contributed by atoms with E-state index in [2.05, 4.69) is 9.69 Å². The van der Waals surface area contributed by atoms with Gasteiger partial charge in [-0.2, -0.15) is 4.37 Å². The van der Waals surface area contributed by atoms with Gasteiger partial charge in [-0.05, 0) is 37.2 Å². The number of nitrogens with two attached hydrogens (primary N) is 1. The highest BCUT2D eigenvalue weighted by molar-refractivity contribution is 7.10. The number of nitrogens with one attached hydrogen (secondary N) is 1. The molecule has 84 valence electrons. The first-order valence-electron chi connectivity index (χ1n) is 5.42. The summed E-state index contributed by atoms with van der Waals surface area (Å²) in [6, 6.07) is 1.87. The number of anilines is 2. The molecule has 4 nitrogen and oxygen atoms in total. The number of nitrogens with zero attached hydrogens (tertiary/aromatic N) is 1. The molecular weight excluding hydrogens is 210 g/mol. The summed E-state index contributed by atoms with van der Waals surface area (Å²) in [6.45, 7) is 1.87. The Morgan fingerprint density at radius 3 is 3.20 bits per heavy atom. The average Bonchev–Trinajstić information content (AvgIpc) is 2.66. The van der Waals surface area contributed by atoms with E-state index in [-0.39, 0.29) is 0 Å². The summed E-state index contributed by atoms with van der Waals surface area (Å²) in [5.74, 6) is 0.594. The maximum atomic E-state index is 5.64. The zero-order valence-corrected chi connectivity index (χ0v) is 9.55. The van der Waals surface area contributed by atoms with Gasteiger partial charge in [0.25, 0.3) is 0 Å². The number of ether oxygens (including phenoxy) is 1. The van der Waals surface area contributed by atoms with E-state index >= 15 is 0 Å². The fourth-order valence-corrected chi connectivity index (χ4v) is 2.36. The maximum absolute atomic E-state index is 5.64. The van der Waals surface area contributed by atoms with Crippen LogP contribution in [0.25, 0.3) is 0 Å². The van der Waals surface area contributed by atoms with Crippen molar-refractivity contribution in [1.82, 2.24) is 4.37 Å². The van der Waals surface area contributed by atoms with Crippen molar-refractivity contribution in [3.05, 3.63) is 6.07 Å².